The zero-order valence-electron chi connectivity index (χ0n) is 15.7. The number of methoxy groups -OCH3 is 4. The van der Waals surface area contributed by atoms with Gasteiger partial charge in [0.05, 0.1) is 34.0 Å². The van der Waals surface area contributed by atoms with Crippen LogP contribution in [0.25, 0.3) is 0 Å². The number of carbonyl (C=O) groups is 1. The van der Waals surface area contributed by atoms with E-state index < -0.39 is 12.1 Å². The van der Waals surface area contributed by atoms with Crippen molar-refractivity contribution in [1.29, 1.82) is 0 Å². The third-order valence-corrected chi connectivity index (χ3v) is 4.35. The Balaban J connectivity index is 1.75. The average molecular weight is 374 g/mol. The molecule has 0 fully saturated rings. The fraction of sp³-hybridized carbons (Fsp3) is 0.350. The molecule has 1 aliphatic rings. The van der Waals surface area contributed by atoms with Crippen molar-refractivity contribution < 1.29 is 33.2 Å². The molecule has 0 saturated carbocycles. The Bertz CT molecular complexity index is 814. The quantitative estimate of drug-likeness (QED) is 0.720. The van der Waals surface area contributed by atoms with E-state index in [9.17, 15) is 4.79 Å². The summed E-state index contributed by atoms with van der Waals surface area (Å²) >= 11 is 0. The zero-order valence-corrected chi connectivity index (χ0v) is 15.7. The lowest BCUT2D eigenvalue weighted by molar-refractivity contribution is 0.0128. The van der Waals surface area contributed by atoms with Gasteiger partial charge in [-0.1, -0.05) is 0 Å². The van der Waals surface area contributed by atoms with Crippen LogP contribution in [0.5, 0.6) is 28.7 Å². The third-order valence-electron chi connectivity index (χ3n) is 4.35. The molecule has 3 rings (SSSR count). The molecule has 0 amide bonds. The van der Waals surface area contributed by atoms with Gasteiger partial charge in [0.15, 0.2) is 11.5 Å². The SMILES string of the molecule is COc1cc(OC)c2c(c1)OCC(OC(=O)c1ccc(OC)c(OC)c1)C2. The number of ether oxygens (including phenoxy) is 6. The topological polar surface area (TPSA) is 72.5 Å². The first-order chi connectivity index (χ1) is 13.1. The van der Waals surface area contributed by atoms with E-state index in [4.69, 9.17) is 28.4 Å². The molecular formula is C20H22O7. The lowest BCUT2D eigenvalue weighted by atomic mass is 10.0. The van der Waals surface area contributed by atoms with Crippen LogP contribution in [0, 0.1) is 0 Å². The van der Waals surface area contributed by atoms with Crippen molar-refractivity contribution in [3.05, 3.63) is 41.5 Å². The summed E-state index contributed by atoms with van der Waals surface area (Å²) in [6, 6.07) is 8.46. The minimum atomic E-state index is -0.458. The summed E-state index contributed by atoms with van der Waals surface area (Å²) in [7, 11) is 6.21. The number of rotatable bonds is 6. The van der Waals surface area contributed by atoms with Crippen LogP contribution in [0.4, 0.5) is 0 Å². The van der Waals surface area contributed by atoms with Gasteiger partial charge in [0.25, 0.3) is 0 Å². The Hall–Kier alpha value is -3.09. The highest BCUT2D eigenvalue weighted by Crippen LogP contribution is 2.38. The Kier molecular flexibility index (Phi) is 5.59. The van der Waals surface area contributed by atoms with Gasteiger partial charge in [-0.05, 0) is 18.2 Å². The fourth-order valence-corrected chi connectivity index (χ4v) is 2.95. The second-order valence-corrected chi connectivity index (χ2v) is 5.92. The molecule has 7 nitrogen and oxygen atoms in total. The van der Waals surface area contributed by atoms with Crippen LogP contribution in [-0.2, 0) is 11.2 Å². The van der Waals surface area contributed by atoms with Gasteiger partial charge in [-0.25, -0.2) is 4.79 Å². The van der Waals surface area contributed by atoms with E-state index in [2.05, 4.69) is 0 Å². The molecule has 27 heavy (non-hydrogen) atoms. The number of carbonyl (C=O) groups excluding carboxylic acids is 1. The second-order valence-electron chi connectivity index (χ2n) is 5.92. The van der Waals surface area contributed by atoms with Crippen molar-refractivity contribution in [2.75, 3.05) is 35.0 Å². The van der Waals surface area contributed by atoms with Crippen molar-refractivity contribution in [2.45, 2.75) is 12.5 Å². The molecule has 1 unspecified atom stereocenters. The molecule has 1 atom stereocenters. The molecule has 0 radical (unpaired) electrons. The van der Waals surface area contributed by atoms with Crippen molar-refractivity contribution in [2.24, 2.45) is 0 Å². The molecule has 2 aromatic carbocycles. The molecule has 1 heterocycles. The number of fused-ring (bicyclic) bond motifs is 1. The third kappa shape index (κ3) is 3.86. The monoisotopic (exact) mass is 374 g/mol. The van der Waals surface area contributed by atoms with Crippen LogP contribution in [0.2, 0.25) is 0 Å². The number of hydrogen-bond donors (Lipinski definition) is 0. The molecule has 7 heteroatoms. The molecule has 2 aromatic rings. The summed E-state index contributed by atoms with van der Waals surface area (Å²) in [6.07, 6.45) is 0.0574. The molecule has 0 aliphatic carbocycles. The Morgan fingerprint density at radius 1 is 0.926 bits per heavy atom. The van der Waals surface area contributed by atoms with E-state index in [-0.39, 0.29) is 6.61 Å². The van der Waals surface area contributed by atoms with Crippen LogP contribution < -0.4 is 23.7 Å². The first-order valence-electron chi connectivity index (χ1n) is 8.40. The van der Waals surface area contributed by atoms with E-state index in [0.717, 1.165) is 5.56 Å². The van der Waals surface area contributed by atoms with Crippen molar-refractivity contribution in [3.8, 4) is 28.7 Å². The second kappa shape index (κ2) is 8.07. The summed E-state index contributed by atoms with van der Waals surface area (Å²) in [5.41, 5.74) is 1.22. The van der Waals surface area contributed by atoms with E-state index in [1.54, 1.807) is 44.6 Å². The summed E-state index contributed by atoms with van der Waals surface area (Å²) in [4.78, 5) is 12.5. The predicted molar refractivity (Wildman–Crippen MR) is 97.5 cm³/mol. The van der Waals surface area contributed by atoms with Crippen LogP contribution in [0.3, 0.4) is 0 Å². The maximum Gasteiger partial charge on any atom is 0.338 e. The summed E-state index contributed by atoms with van der Waals surface area (Å²) < 4.78 is 32.4. The standard InChI is InChI=1S/C20H22O7/c1-22-13-9-17(24-3)15-8-14(11-26-18(15)10-13)27-20(21)12-5-6-16(23-2)19(7-12)25-4/h5-7,9-10,14H,8,11H2,1-4H3. The van der Waals surface area contributed by atoms with Crippen LogP contribution >= 0.6 is 0 Å². The highest BCUT2D eigenvalue weighted by molar-refractivity contribution is 5.90. The van der Waals surface area contributed by atoms with Gasteiger partial charge in [0, 0.05) is 24.1 Å². The summed E-state index contributed by atoms with van der Waals surface area (Å²) in [6.45, 7) is 0.252. The highest BCUT2D eigenvalue weighted by Gasteiger charge is 2.27. The Morgan fingerprint density at radius 2 is 1.67 bits per heavy atom. The maximum atomic E-state index is 12.5. The van der Waals surface area contributed by atoms with Gasteiger partial charge in [0.2, 0.25) is 0 Å². The van der Waals surface area contributed by atoms with Crippen LogP contribution in [-0.4, -0.2) is 47.1 Å². The van der Waals surface area contributed by atoms with Gasteiger partial charge in [0.1, 0.15) is 30.0 Å². The molecule has 1 aliphatic heterocycles. The lowest BCUT2D eigenvalue weighted by Gasteiger charge is -2.27. The first-order valence-corrected chi connectivity index (χ1v) is 8.40. The van der Waals surface area contributed by atoms with E-state index in [1.807, 2.05) is 0 Å². The smallest absolute Gasteiger partial charge is 0.338 e. The van der Waals surface area contributed by atoms with Gasteiger partial charge < -0.3 is 28.4 Å². The van der Waals surface area contributed by atoms with Crippen molar-refractivity contribution in [1.82, 2.24) is 0 Å². The van der Waals surface area contributed by atoms with Gasteiger partial charge in [-0.3, -0.25) is 0 Å². The minimum absolute atomic E-state index is 0.252. The van der Waals surface area contributed by atoms with Crippen LogP contribution in [0.15, 0.2) is 30.3 Å². The Labute approximate surface area is 157 Å². The molecule has 0 spiro atoms. The Morgan fingerprint density at radius 3 is 2.33 bits per heavy atom. The molecule has 0 N–H and O–H groups in total. The summed E-state index contributed by atoms with van der Waals surface area (Å²) in [5.74, 6) is 2.50. The predicted octanol–water partition coefficient (Wildman–Crippen LogP) is 2.88. The summed E-state index contributed by atoms with van der Waals surface area (Å²) in [5, 5.41) is 0. The van der Waals surface area contributed by atoms with Crippen molar-refractivity contribution >= 4 is 5.97 Å². The molecule has 0 bridgehead atoms. The average Bonchev–Trinajstić information content (AvgIpc) is 2.72. The number of benzene rings is 2. The maximum absolute atomic E-state index is 12.5. The van der Waals surface area contributed by atoms with Gasteiger partial charge in [-0.15, -0.1) is 0 Å². The number of esters is 1. The van der Waals surface area contributed by atoms with Crippen molar-refractivity contribution in [3.63, 3.8) is 0 Å². The normalized spacial score (nSPS) is 15.2. The molecule has 0 saturated heterocycles. The van der Waals surface area contributed by atoms with Gasteiger partial charge in [-0.2, -0.15) is 0 Å². The largest absolute Gasteiger partial charge is 0.496 e. The number of hydrogen-bond acceptors (Lipinski definition) is 7. The fourth-order valence-electron chi connectivity index (χ4n) is 2.95. The molecular weight excluding hydrogens is 352 g/mol. The lowest BCUT2D eigenvalue weighted by Crippen LogP contribution is -2.31. The first kappa shape index (κ1) is 18.7. The highest BCUT2D eigenvalue weighted by atomic mass is 16.6. The van der Waals surface area contributed by atoms with Gasteiger partial charge >= 0.3 is 5.97 Å². The van der Waals surface area contributed by atoms with Crippen LogP contribution in [0.1, 0.15) is 15.9 Å². The zero-order chi connectivity index (χ0) is 19.4. The van der Waals surface area contributed by atoms with E-state index in [1.165, 1.54) is 14.2 Å². The van der Waals surface area contributed by atoms with E-state index >= 15 is 0 Å². The molecule has 0 aromatic heterocycles. The molecule has 144 valence electrons. The van der Waals surface area contributed by atoms with E-state index in [0.29, 0.717) is 40.7 Å². The minimum Gasteiger partial charge on any atom is -0.496 e.